The Balaban J connectivity index is 0.000000262. The molecule has 1 saturated carbocycles. The molecule has 1 N–H and O–H groups in total. The summed E-state index contributed by atoms with van der Waals surface area (Å²) in [5.74, 6) is 0.363. The Morgan fingerprint density at radius 1 is 0.973 bits per heavy atom. The van der Waals surface area contributed by atoms with Gasteiger partial charge in [0.2, 0.25) is 0 Å². The Labute approximate surface area is 226 Å². The predicted octanol–water partition coefficient (Wildman–Crippen LogP) is 4.77. The van der Waals surface area contributed by atoms with Crippen LogP contribution in [0.2, 0.25) is 0 Å². The number of rotatable bonds is 2. The molecule has 214 valence electrons. The number of carbonyl (C=O) groups is 2. The number of carbonyl (C=O) groups excluding carboxylic acids is 2. The lowest BCUT2D eigenvalue weighted by Gasteiger charge is -2.43. The molecule has 1 amide bonds. The number of nitrogens with zero attached hydrogens (tertiary/aromatic N) is 1. The van der Waals surface area contributed by atoms with Gasteiger partial charge < -0.3 is 19.1 Å². The summed E-state index contributed by atoms with van der Waals surface area (Å²) in [6.45, 7) is 18.1. The lowest BCUT2D eigenvalue weighted by molar-refractivity contribution is -0.128. The van der Waals surface area contributed by atoms with Gasteiger partial charge in [-0.3, -0.25) is 4.79 Å². The zero-order valence-corrected chi connectivity index (χ0v) is 25.1. The van der Waals surface area contributed by atoms with Crippen LogP contribution in [0.5, 0.6) is 0 Å². The second-order valence-corrected chi connectivity index (χ2v) is 15.5. The number of Topliss-reactive ketones (excluding diaryl/α,β-unsaturated/α-hetero) is 1. The molecule has 0 bridgehead atoms. The molecule has 9 heteroatoms. The van der Waals surface area contributed by atoms with Crippen LogP contribution in [0.1, 0.15) is 100 Å². The molecule has 3 saturated heterocycles. The third kappa shape index (κ3) is 7.34. The van der Waals surface area contributed by atoms with Crippen LogP contribution in [0.4, 0.5) is 4.79 Å². The molecule has 8 nitrogen and oxygen atoms in total. The molecule has 4 rings (SSSR count). The van der Waals surface area contributed by atoms with Crippen LogP contribution in [-0.2, 0) is 30.0 Å². The van der Waals surface area contributed by atoms with E-state index >= 15 is 0 Å². The number of hydrogen-bond donors (Lipinski definition) is 1. The molecule has 0 aromatic rings. The van der Waals surface area contributed by atoms with Gasteiger partial charge in [-0.15, -0.1) is 0 Å². The molecule has 2 spiro atoms. The molecule has 1 aliphatic carbocycles. The Hall–Kier alpha value is -1.03. The van der Waals surface area contributed by atoms with E-state index in [2.05, 4.69) is 4.72 Å². The fraction of sp³-hybridized carbons (Fsp3) is 0.929. The number of amides is 1. The summed E-state index contributed by atoms with van der Waals surface area (Å²) in [6, 6.07) is 0.0355. The van der Waals surface area contributed by atoms with Gasteiger partial charge in [-0.25, -0.2) is 13.7 Å². The smallest absolute Gasteiger partial charge is 0.410 e. The molecule has 3 heterocycles. The van der Waals surface area contributed by atoms with Crippen LogP contribution in [0, 0.1) is 10.8 Å². The minimum absolute atomic E-state index is 0.0133. The zero-order chi connectivity index (χ0) is 27.6. The Morgan fingerprint density at radius 2 is 1.57 bits per heavy atom. The molecule has 37 heavy (non-hydrogen) atoms. The summed E-state index contributed by atoms with van der Waals surface area (Å²) < 4.78 is 32.4. The van der Waals surface area contributed by atoms with E-state index in [-0.39, 0.29) is 39.9 Å². The summed E-state index contributed by atoms with van der Waals surface area (Å²) in [4.78, 5) is 25.8. The Kier molecular flexibility index (Phi) is 9.57. The van der Waals surface area contributed by atoms with Crippen molar-refractivity contribution in [1.29, 1.82) is 0 Å². The van der Waals surface area contributed by atoms with Crippen molar-refractivity contribution in [2.24, 2.45) is 10.8 Å². The highest BCUT2D eigenvalue weighted by atomic mass is 32.2. The van der Waals surface area contributed by atoms with Crippen molar-refractivity contribution in [3.05, 3.63) is 0 Å². The van der Waals surface area contributed by atoms with Crippen molar-refractivity contribution in [2.45, 2.75) is 129 Å². The second-order valence-electron chi connectivity index (χ2n) is 13.5. The average molecular weight is 543 g/mol. The second kappa shape index (κ2) is 11.6. The molecule has 3 aliphatic heterocycles. The minimum atomic E-state index is -1.14. The van der Waals surface area contributed by atoms with Crippen LogP contribution in [-0.4, -0.2) is 75.9 Å². The number of hydrogen-bond acceptors (Lipinski definition) is 6. The fourth-order valence-corrected chi connectivity index (χ4v) is 6.92. The molecule has 4 atom stereocenters. The molecular formula is C28H50N2O6S. The highest BCUT2D eigenvalue weighted by Gasteiger charge is 2.51. The summed E-state index contributed by atoms with van der Waals surface area (Å²) in [5, 5.41) is 0. The first-order valence-electron chi connectivity index (χ1n) is 14.0. The number of ketones is 1. The topological polar surface area (TPSA) is 94.2 Å². The van der Waals surface area contributed by atoms with Gasteiger partial charge in [0.1, 0.15) is 11.7 Å². The highest BCUT2D eigenvalue weighted by Crippen LogP contribution is 2.43. The van der Waals surface area contributed by atoms with Crippen molar-refractivity contribution < 1.29 is 28.0 Å². The van der Waals surface area contributed by atoms with Gasteiger partial charge in [0.15, 0.2) is 5.78 Å². The molecule has 0 unspecified atom stereocenters. The molecule has 0 radical (unpaired) electrons. The van der Waals surface area contributed by atoms with E-state index in [1.165, 1.54) is 19.3 Å². The first kappa shape index (κ1) is 30.5. The van der Waals surface area contributed by atoms with Crippen molar-refractivity contribution in [2.75, 3.05) is 26.3 Å². The Bertz CT molecular complexity index is 829. The Morgan fingerprint density at radius 3 is 2.05 bits per heavy atom. The zero-order valence-electron chi connectivity index (χ0n) is 24.3. The lowest BCUT2D eigenvalue weighted by Crippen LogP contribution is -2.55. The minimum Gasteiger partial charge on any atom is -0.444 e. The maximum absolute atomic E-state index is 12.6. The average Bonchev–Trinajstić information content (AvgIpc) is 3.25. The van der Waals surface area contributed by atoms with Crippen molar-refractivity contribution in [3.8, 4) is 0 Å². The standard InChI is InChI=1S/C18H34N2O4S.C10H16O2/c1-13-14(19-25(22)17(5,6)7)18(12-23-13)8-10-20(11-9-18)15(21)24-16(2,3)4;1-8-9(11)10(7-12-8)5-3-2-4-6-10/h13-14,19H,8-12H2,1-7H3;8H,2-7H2,1H3/t13-,14+,25+;8-/m00/s1. The first-order valence-corrected chi connectivity index (χ1v) is 15.2. The van der Waals surface area contributed by atoms with Gasteiger partial charge in [-0.1, -0.05) is 19.3 Å². The van der Waals surface area contributed by atoms with E-state index in [0.717, 1.165) is 25.7 Å². The van der Waals surface area contributed by atoms with Crippen molar-refractivity contribution in [3.63, 3.8) is 0 Å². The lowest BCUT2D eigenvalue weighted by atomic mass is 9.72. The maximum atomic E-state index is 12.6. The van der Waals surface area contributed by atoms with Crippen LogP contribution in [0.25, 0.3) is 0 Å². The van der Waals surface area contributed by atoms with E-state index in [4.69, 9.17) is 14.2 Å². The van der Waals surface area contributed by atoms with E-state index in [9.17, 15) is 13.8 Å². The van der Waals surface area contributed by atoms with Crippen molar-refractivity contribution >= 4 is 22.9 Å². The number of likely N-dealkylation sites (tertiary alicyclic amines) is 1. The normalized spacial score (nSPS) is 30.2. The molecule has 4 fully saturated rings. The SMILES string of the molecule is C[C@@H]1OCC2(CCCCC2)C1=O.C[C@@H]1OCC2(CCN(C(=O)OC(C)(C)C)CC2)[C@@H]1N[S@](=O)C(C)(C)C. The van der Waals surface area contributed by atoms with E-state index in [1.807, 2.05) is 55.4 Å². The predicted molar refractivity (Wildman–Crippen MR) is 146 cm³/mol. The van der Waals surface area contributed by atoms with Gasteiger partial charge in [0.25, 0.3) is 0 Å². The van der Waals surface area contributed by atoms with Crippen molar-refractivity contribution in [1.82, 2.24) is 9.62 Å². The number of ether oxygens (including phenoxy) is 3. The first-order chi connectivity index (χ1) is 17.1. The third-order valence-electron chi connectivity index (χ3n) is 8.28. The molecule has 4 aliphatic rings. The molecular weight excluding hydrogens is 492 g/mol. The van der Waals surface area contributed by atoms with Gasteiger partial charge in [-0.05, 0) is 81.1 Å². The number of piperidine rings is 1. The van der Waals surface area contributed by atoms with Gasteiger partial charge in [0.05, 0.1) is 46.5 Å². The van der Waals surface area contributed by atoms with E-state index in [0.29, 0.717) is 32.1 Å². The monoisotopic (exact) mass is 542 g/mol. The molecule has 0 aromatic heterocycles. The highest BCUT2D eigenvalue weighted by molar-refractivity contribution is 7.84. The molecule has 0 aromatic carbocycles. The van der Waals surface area contributed by atoms with Crippen LogP contribution in [0.3, 0.4) is 0 Å². The van der Waals surface area contributed by atoms with Crippen LogP contribution < -0.4 is 4.72 Å². The van der Waals surface area contributed by atoms with Crippen LogP contribution in [0.15, 0.2) is 0 Å². The largest absolute Gasteiger partial charge is 0.444 e. The van der Waals surface area contributed by atoms with Gasteiger partial charge in [0, 0.05) is 18.5 Å². The van der Waals surface area contributed by atoms with E-state index < -0.39 is 16.6 Å². The summed E-state index contributed by atoms with van der Waals surface area (Å²) in [5.41, 5.74) is -0.610. The summed E-state index contributed by atoms with van der Waals surface area (Å²) >= 11 is 0. The third-order valence-corrected chi connectivity index (χ3v) is 9.86. The number of nitrogens with one attached hydrogen (secondary N) is 1. The van der Waals surface area contributed by atoms with E-state index in [1.54, 1.807) is 4.90 Å². The van der Waals surface area contributed by atoms with Crippen LogP contribution >= 0.6 is 0 Å². The fourth-order valence-electron chi connectivity index (χ4n) is 5.89. The quantitative estimate of drug-likeness (QED) is 0.540. The van der Waals surface area contributed by atoms with Gasteiger partial charge >= 0.3 is 6.09 Å². The summed E-state index contributed by atoms with van der Waals surface area (Å²) in [6.07, 6.45) is 7.13. The maximum Gasteiger partial charge on any atom is 0.410 e. The summed E-state index contributed by atoms with van der Waals surface area (Å²) in [7, 11) is -1.14. The van der Waals surface area contributed by atoms with Gasteiger partial charge in [-0.2, -0.15) is 0 Å².